The highest BCUT2D eigenvalue weighted by atomic mass is 15.3. The molecule has 0 atom stereocenters. The first-order valence-corrected chi connectivity index (χ1v) is 6.84. The fourth-order valence-electron chi connectivity index (χ4n) is 1.66. The Morgan fingerprint density at radius 1 is 1.20 bits per heavy atom. The summed E-state index contributed by atoms with van der Waals surface area (Å²) in [6.07, 6.45) is 4.74. The predicted molar refractivity (Wildman–Crippen MR) is 79.8 cm³/mol. The van der Waals surface area contributed by atoms with Crippen LogP contribution in [0, 0.1) is 0 Å². The molecule has 7 heteroatoms. The van der Waals surface area contributed by atoms with Crippen LogP contribution in [-0.2, 0) is 6.54 Å². The van der Waals surface area contributed by atoms with Gasteiger partial charge in [-0.05, 0) is 13.3 Å². The summed E-state index contributed by atoms with van der Waals surface area (Å²) in [5, 5.41) is 7.46. The van der Waals surface area contributed by atoms with Gasteiger partial charge in [0.25, 0.3) is 0 Å². The normalized spacial score (nSPS) is 10.6. The van der Waals surface area contributed by atoms with E-state index < -0.39 is 0 Å². The van der Waals surface area contributed by atoms with Crippen molar-refractivity contribution in [3.05, 3.63) is 12.4 Å². The van der Waals surface area contributed by atoms with Gasteiger partial charge in [-0.2, -0.15) is 20.1 Å². The van der Waals surface area contributed by atoms with Crippen molar-refractivity contribution in [1.82, 2.24) is 24.7 Å². The van der Waals surface area contributed by atoms with Crippen molar-refractivity contribution in [3.63, 3.8) is 0 Å². The van der Waals surface area contributed by atoms with E-state index in [0.29, 0.717) is 17.7 Å². The van der Waals surface area contributed by atoms with Crippen molar-refractivity contribution in [2.75, 3.05) is 30.9 Å². The van der Waals surface area contributed by atoms with Crippen LogP contribution in [0.25, 0.3) is 11.4 Å². The van der Waals surface area contributed by atoms with Crippen LogP contribution in [0.5, 0.6) is 0 Å². The molecule has 2 aromatic heterocycles. The molecule has 0 fully saturated rings. The molecule has 0 aromatic carbocycles. The van der Waals surface area contributed by atoms with Crippen molar-refractivity contribution in [1.29, 1.82) is 0 Å². The number of anilines is 2. The Morgan fingerprint density at radius 3 is 2.60 bits per heavy atom. The Hall–Kier alpha value is -2.18. The molecule has 108 valence electrons. The van der Waals surface area contributed by atoms with Crippen LogP contribution < -0.4 is 10.2 Å². The van der Waals surface area contributed by atoms with E-state index in [2.05, 4.69) is 32.3 Å². The van der Waals surface area contributed by atoms with Crippen LogP contribution in [0.3, 0.4) is 0 Å². The Morgan fingerprint density at radius 2 is 2.00 bits per heavy atom. The zero-order valence-corrected chi connectivity index (χ0v) is 12.5. The van der Waals surface area contributed by atoms with Crippen LogP contribution in [0.1, 0.15) is 20.3 Å². The molecule has 1 N–H and O–H groups in total. The maximum atomic E-state index is 4.47. The van der Waals surface area contributed by atoms with E-state index in [4.69, 9.17) is 0 Å². The van der Waals surface area contributed by atoms with E-state index in [9.17, 15) is 0 Å². The minimum absolute atomic E-state index is 0.602. The largest absolute Gasteiger partial charge is 0.354 e. The quantitative estimate of drug-likeness (QED) is 0.864. The third-order valence-corrected chi connectivity index (χ3v) is 2.77. The SMILES string of the molecule is CCCNc1nc(-c2cnn(CC)c2)nc(N(C)C)n1. The highest BCUT2D eigenvalue weighted by Crippen LogP contribution is 2.18. The van der Waals surface area contributed by atoms with Gasteiger partial charge in [-0.1, -0.05) is 6.92 Å². The fraction of sp³-hybridized carbons (Fsp3) is 0.538. The second kappa shape index (κ2) is 6.31. The lowest BCUT2D eigenvalue weighted by molar-refractivity contribution is 0.660. The molecule has 7 nitrogen and oxygen atoms in total. The molecule has 0 saturated heterocycles. The van der Waals surface area contributed by atoms with Gasteiger partial charge in [0.2, 0.25) is 11.9 Å². The summed E-state index contributed by atoms with van der Waals surface area (Å²) >= 11 is 0. The van der Waals surface area contributed by atoms with Crippen LogP contribution in [0.15, 0.2) is 12.4 Å². The number of nitrogens with one attached hydrogen (secondary N) is 1. The van der Waals surface area contributed by atoms with Gasteiger partial charge in [0.1, 0.15) is 0 Å². The third kappa shape index (κ3) is 3.23. The molecule has 20 heavy (non-hydrogen) atoms. The summed E-state index contributed by atoms with van der Waals surface area (Å²) in [6.45, 7) is 5.81. The number of aromatic nitrogens is 5. The van der Waals surface area contributed by atoms with E-state index in [-0.39, 0.29) is 0 Å². The number of hydrogen-bond acceptors (Lipinski definition) is 6. The zero-order chi connectivity index (χ0) is 14.5. The Bertz CT molecular complexity index is 562. The maximum absolute atomic E-state index is 4.47. The lowest BCUT2D eigenvalue weighted by Crippen LogP contribution is -2.16. The standard InChI is InChI=1S/C13H21N7/c1-5-7-14-12-16-11(17-13(18-12)19(3)4)10-8-15-20(6-2)9-10/h8-9H,5-7H2,1-4H3,(H,14,16,17,18). The van der Waals surface area contributed by atoms with Gasteiger partial charge in [0.05, 0.1) is 11.8 Å². The smallest absolute Gasteiger partial charge is 0.230 e. The lowest BCUT2D eigenvalue weighted by Gasteiger charge is -2.12. The lowest BCUT2D eigenvalue weighted by atomic mass is 10.3. The highest BCUT2D eigenvalue weighted by Gasteiger charge is 2.11. The van der Waals surface area contributed by atoms with Crippen molar-refractivity contribution in [2.24, 2.45) is 0 Å². The summed E-state index contributed by atoms with van der Waals surface area (Å²) in [7, 11) is 3.83. The van der Waals surface area contributed by atoms with Gasteiger partial charge >= 0.3 is 0 Å². The molecule has 0 aliphatic rings. The molecule has 0 aliphatic heterocycles. The maximum Gasteiger partial charge on any atom is 0.230 e. The summed E-state index contributed by atoms with van der Waals surface area (Å²) < 4.78 is 1.85. The van der Waals surface area contributed by atoms with Crippen LogP contribution >= 0.6 is 0 Å². The van der Waals surface area contributed by atoms with Gasteiger partial charge in [0, 0.05) is 33.4 Å². The number of nitrogens with zero attached hydrogens (tertiary/aromatic N) is 6. The number of aryl methyl sites for hydroxylation is 1. The molecule has 0 saturated carbocycles. The summed E-state index contributed by atoms with van der Waals surface area (Å²) in [5.74, 6) is 1.88. The first-order chi connectivity index (χ1) is 9.63. The van der Waals surface area contributed by atoms with Gasteiger partial charge in [0.15, 0.2) is 5.82 Å². The molecule has 2 rings (SSSR count). The summed E-state index contributed by atoms with van der Waals surface area (Å²) in [5.41, 5.74) is 0.900. The fourth-order valence-corrected chi connectivity index (χ4v) is 1.66. The molecule has 0 aliphatic carbocycles. The van der Waals surface area contributed by atoms with Crippen molar-refractivity contribution < 1.29 is 0 Å². The van der Waals surface area contributed by atoms with Gasteiger partial charge in [-0.25, -0.2) is 0 Å². The second-order valence-electron chi connectivity index (χ2n) is 4.69. The van der Waals surface area contributed by atoms with Crippen LogP contribution in [-0.4, -0.2) is 45.4 Å². The van der Waals surface area contributed by atoms with Gasteiger partial charge < -0.3 is 10.2 Å². The molecule has 2 heterocycles. The van der Waals surface area contributed by atoms with E-state index >= 15 is 0 Å². The second-order valence-corrected chi connectivity index (χ2v) is 4.69. The molecule has 0 unspecified atom stereocenters. The van der Waals surface area contributed by atoms with Crippen molar-refractivity contribution in [2.45, 2.75) is 26.8 Å². The first kappa shape index (κ1) is 14.2. The van der Waals surface area contributed by atoms with Gasteiger partial charge in [-0.15, -0.1) is 0 Å². The monoisotopic (exact) mass is 275 g/mol. The van der Waals surface area contributed by atoms with Gasteiger partial charge in [-0.3, -0.25) is 4.68 Å². The number of hydrogen-bond donors (Lipinski definition) is 1. The predicted octanol–water partition coefficient (Wildman–Crippen LogP) is 1.64. The molecular weight excluding hydrogens is 254 g/mol. The minimum atomic E-state index is 0.602. The van der Waals surface area contributed by atoms with E-state index in [0.717, 1.165) is 25.1 Å². The van der Waals surface area contributed by atoms with Crippen LogP contribution in [0.4, 0.5) is 11.9 Å². The van der Waals surface area contributed by atoms with E-state index in [1.807, 2.05) is 36.8 Å². The molecule has 0 spiro atoms. The molecule has 0 radical (unpaired) electrons. The molecule has 0 bridgehead atoms. The van der Waals surface area contributed by atoms with Crippen molar-refractivity contribution >= 4 is 11.9 Å². The number of rotatable bonds is 6. The van der Waals surface area contributed by atoms with E-state index in [1.54, 1.807) is 6.20 Å². The third-order valence-electron chi connectivity index (χ3n) is 2.77. The van der Waals surface area contributed by atoms with Crippen LogP contribution in [0.2, 0.25) is 0 Å². The molecule has 2 aromatic rings. The average molecular weight is 275 g/mol. The zero-order valence-electron chi connectivity index (χ0n) is 12.5. The van der Waals surface area contributed by atoms with Crippen molar-refractivity contribution in [3.8, 4) is 11.4 Å². The molecule has 0 amide bonds. The first-order valence-electron chi connectivity index (χ1n) is 6.84. The summed E-state index contributed by atoms with van der Waals surface area (Å²) in [6, 6.07) is 0. The Labute approximate surface area is 119 Å². The Kier molecular flexibility index (Phi) is 4.49. The topological polar surface area (TPSA) is 71.8 Å². The minimum Gasteiger partial charge on any atom is -0.354 e. The average Bonchev–Trinajstić information content (AvgIpc) is 2.93. The Balaban J connectivity index is 2.37. The molecular formula is C13H21N7. The van der Waals surface area contributed by atoms with E-state index in [1.165, 1.54) is 0 Å². The highest BCUT2D eigenvalue weighted by molar-refractivity contribution is 5.56. The summed E-state index contributed by atoms with van der Waals surface area (Å²) in [4.78, 5) is 15.2.